The highest BCUT2D eigenvalue weighted by Gasteiger charge is 2.27. The number of nitrogens with zero attached hydrogens (tertiary/aromatic N) is 2. The van der Waals surface area contributed by atoms with Gasteiger partial charge in [-0.3, -0.25) is 9.36 Å². The van der Waals surface area contributed by atoms with Crippen LogP contribution in [0, 0.1) is 5.82 Å². The summed E-state index contributed by atoms with van der Waals surface area (Å²) in [6.07, 6.45) is -1.59. The molecule has 0 fully saturated rings. The van der Waals surface area contributed by atoms with E-state index >= 15 is 0 Å². The van der Waals surface area contributed by atoms with Gasteiger partial charge in [-0.2, -0.15) is 0 Å². The number of hydrogen-bond donors (Lipinski definition) is 2. The van der Waals surface area contributed by atoms with Crippen LogP contribution in [0.5, 0.6) is 0 Å². The Morgan fingerprint density at radius 3 is 2.42 bits per heavy atom. The lowest BCUT2D eigenvalue weighted by Gasteiger charge is -2.13. The SMILES string of the molecule is CC(C)c1nc(-c2ccccc2)n(-c2ccc(F)cc2)c1CCO[P+](=O)C[C@@H](O)CC(=O)O. The van der Waals surface area contributed by atoms with E-state index < -0.39 is 26.5 Å². The van der Waals surface area contributed by atoms with Crippen molar-refractivity contribution in [3.8, 4) is 17.1 Å². The molecule has 33 heavy (non-hydrogen) atoms. The van der Waals surface area contributed by atoms with Gasteiger partial charge in [0.1, 0.15) is 24.4 Å². The average molecular weight is 473 g/mol. The van der Waals surface area contributed by atoms with Crippen LogP contribution in [0.2, 0.25) is 0 Å². The van der Waals surface area contributed by atoms with E-state index in [0.29, 0.717) is 12.2 Å². The van der Waals surface area contributed by atoms with Crippen LogP contribution in [0.25, 0.3) is 17.1 Å². The van der Waals surface area contributed by atoms with Crippen molar-refractivity contribution in [3.05, 3.63) is 71.8 Å². The number of aliphatic carboxylic acids is 1. The van der Waals surface area contributed by atoms with Gasteiger partial charge in [0.05, 0.1) is 12.1 Å². The zero-order chi connectivity index (χ0) is 24.0. The molecule has 0 aliphatic heterocycles. The molecule has 3 aromatic rings. The summed E-state index contributed by atoms with van der Waals surface area (Å²) in [5.74, 6) is -0.701. The van der Waals surface area contributed by atoms with Crippen molar-refractivity contribution in [1.29, 1.82) is 0 Å². The Labute approximate surface area is 192 Å². The normalized spacial score (nSPS) is 12.7. The summed E-state index contributed by atoms with van der Waals surface area (Å²) in [6, 6.07) is 15.8. The summed E-state index contributed by atoms with van der Waals surface area (Å²) in [5, 5.41) is 18.4. The molecule has 1 unspecified atom stereocenters. The van der Waals surface area contributed by atoms with Gasteiger partial charge in [-0.25, -0.2) is 9.37 Å². The van der Waals surface area contributed by atoms with Crippen LogP contribution in [-0.2, 0) is 20.3 Å². The van der Waals surface area contributed by atoms with Gasteiger partial charge in [0.15, 0.2) is 0 Å². The van der Waals surface area contributed by atoms with Gasteiger partial charge in [-0.15, -0.1) is 4.52 Å². The number of aromatic nitrogens is 2. The Morgan fingerprint density at radius 2 is 1.82 bits per heavy atom. The zero-order valence-corrected chi connectivity index (χ0v) is 19.4. The molecule has 0 amide bonds. The number of imidazole rings is 1. The van der Waals surface area contributed by atoms with E-state index in [0.717, 1.165) is 22.6 Å². The molecule has 0 saturated heterocycles. The maximum atomic E-state index is 13.6. The Hall–Kier alpha value is -2.93. The fourth-order valence-electron chi connectivity index (χ4n) is 3.56. The molecule has 2 N–H and O–H groups in total. The second-order valence-electron chi connectivity index (χ2n) is 7.95. The van der Waals surface area contributed by atoms with E-state index in [2.05, 4.69) is 0 Å². The molecule has 7 nitrogen and oxygen atoms in total. The summed E-state index contributed by atoms with van der Waals surface area (Å²) in [7, 11) is -2.22. The highest BCUT2D eigenvalue weighted by Crippen LogP contribution is 2.32. The topological polar surface area (TPSA) is 102 Å². The van der Waals surface area contributed by atoms with Crippen LogP contribution in [0.4, 0.5) is 4.39 Å². The molecule has 2 aromatic carbocycles. The summed E-state index contributed by atoms with van der Waals surface area (Å²) in [5.41, 5.74) is 3.34. The molecule has 0 aliphatic rings. The van der Waals surface area contributed by atoms with Crippen LogP contribution in [-0.4, -0.2) is 44.6 Å². The van der Waals surface area contributed by atoms with E-state index in [1.807, 2.05) is 48.7 Å². The van der Waals surface area contributed by atoms with Crippen LogP contribution < -0.4 is 0 Å². The molecule has 0 saturated carbocycles. The maximum Gasteiger partial charge on any atom is 0.510 e. The lowest BCUT2D eigenvalue weighted by Crippen LogP contribution is -2.16. The molecule has 0 radical (unpaired) electrons. The fraction of sp³-hybridized carbons (Fsp3) is 0.333. The monoisotopic (exact) mass is 473 g/mol. The Kier molecular flexibility index (Phi) is 8.44. The van der Waals surface area contributed by atoms with Gasteiger partial charge >= 0.3 is 14.0 Å². The standard InChI is InChI=1S/C24H26FN2O5P/c1-16(2)23-21(12-13-32-33(31)15-20(28)14-22(29)30)27(19-10-8-18(25)9-11-19)24(26-23)17-6-4-3-5-7-17/h3-11,16,20,28H,12-15H2,1-2H3/p+1/t20-/m0/s1. The first-order chi connectivity index (χ1) is 15.8. The number of hydrogen-bond acceptors (Lipinski definition) is 5. The van der Waals surface area contributed by atoms with Gasteiger partial charge in [0.25, 0.3) is 0 Å². The molecular weight excluding hydrogens is 446 g/mol. The molecule has 0 aliphatic carbocycles. The second kappa shape index (κ2) is 11.3. The van der Waals surface area contributed by atoms with E-state index in [1.165, 1.54) is 12.1 Å². The molecule has 1 aromatic heterocycles. The largest absolute Gasteiger partial charge is 0.510 e. The molecule has 9 heteroatoms. The highest BCUT2D eigenvalue weighted by molar-refractivity contribution is 7.39. The van der Waals surface area contributed by atoms with Gasteiger partial charge in [0.2, 0.25) is 6.16 Å². The van der Waals surface area contributed by atoms with E-state index in [9.17, 15) is 18.9 Å². The minimum Gasteiger partial charge on any atom is -0.481 e. The molecule has 3 rings (SSSR count). The first-order valence-electron chi connectivity index (χ1n) is 10.7. The number of aliphatic hydroxyl groups excluding tert-OH is 1. The van der Waals surface area contributed by atoms with Gasteiger partial charge in [-0.1, -0.05) is 44.2 Å². The van der Waals surface area contributed by atoms with Crippen molar-refractivity contribution < 1.29 is 28.5 Å². The number of aliphatic hydroxyl groups is 1. The van der Waals surface area contributed by atoms with Crippen LogP contribution in [0.1, 0.15) is 37.6 Å². The third kappa shape index (κ3) is 6.54. The molecule has 0 spiro atoms. The second-order valence-corrected chi connectivity index (χ2v) is 9.24. The minimum absolute atomic E-state index is 0.0929. The average Bonchev–Trinajstić information content (AvgIpc) is 3.14. The van der Waals surface area contributed by atoms with Crippen molar-refractivity contribution in [3.63, 3.8) is 0 Å². The molecule has 1 heterocycles. The van der Waals surface area contributed by atoms with Crippen molar-refractivity contribution in [2.24, 2.45) is 0 Å². The lowest BCUT2D eigenvalue weighted by atomic mass is 10.1. The number of carboxylic acids is 1. The third-order valence-corrected chi connectivity index (χ3v) is 6.20. The number of halogens is 1. The van der Waals surface area contributed by atoms with Gasteiger partial charge in [-0.05, 0) is 34.7 Å². The van der Waals surface area contributed by atoms with Gasteiger partial charge in [0, 0.05) is 23.4 Å². The first-order valence-corrected chi connectivity index (χ1v) is 12.0. The van der Waals surface area contributed by atoms with Crippen LogP contribution in [0.3, 0.4) is 0 Å². The summed E-state index contributed by atoms with van der Waals surface area (Å²) < 4.78 is 33.1. The highest BCUT2D eigenvalue weighted by atomic mass is 31.1. The van der Waals surface area contributed by atoms with Crippen LogP contribution in [0.15, 0.2) is 54.6 Å². The summed E-state index contributed by atoms with van der Waals surface area (Å²) >= 11 is 0. The molecular formula is C24H27FN2O5P+. The number of carbonyl (C=O) groups is 1. The van der Waals surface area contributed by atoms with E-state index in [4.69, 9.17) is 14.6 Å². The lowest BCUT2D eigenvalue weighted by molar-refractivity contribution is -0.138. The van der Waals surface area contributed by atoms with Crippen molar-refractivity contribution in [2.75, 3.05) is 12.8 Å². The Balaban J connectivity index is 1.91. The predicted octanol–water partition coefficient (Wildman–Crippen LogP) is 4.94. The molecule has 2 atom stereocenters. The quantitative estimate of drug-likeness (QED) is 0.383. The van der Waals surface area contributed by atoms with Crippen molar-refractivity contribution >= 4 is 14.0 Å². The summed E-state index contributed by atoms with van der Waals surface area (Å²) in [6.45, 7) is 4.15. The Bertz CT molecular complexity index is 1100. The number of carboxylic acid groups (broad SMARTS) is 1. The predicted molar refractivity (Wildman–Crippen MR) is 123 cm³/mol. The number of benzene rings is 2. The zero-order valence-electron chi connectivity index (χ0n) is 18.5. The molecule has 174 valence electrons. The van der Waals surface area contributed by atoms with E-state index in [1.54, 1.807) is 12.1 Å². The summed E-state index contributed by atoms with van der Waals surface area (Å²) in [4.78, 5) is 15.6. The van der Waals surface area contributed by atoms with Crippen LogP contribution >= 0.6 is 8.03 Å². The van der Waals surface area contributed by atoms with Crippen molar-refractivity contribution in [1.82, 2.24) is 9.55 Å². The third-order valence-electron chi connectivity index (χ3n) is 5.01. The Morgan fingerprint density at radius 1 is 1.15 bits per heavy atom. The fourth-order valence-corrected chi connectivity index (χ4v) is 4.43. The van der Waals surface area contributed by atoms with Crippen molar-refractivity contribution in [2.45, 2.75) is 38.7 Å². The number of rotatable bonds is 11. The first kappa shape index (κ1) is 24.7. The molecule has 0 bridgehead atoms. The van der Waals surface area contributed by atoms with E-state index in [-0.39, 0.29) is 24.5 Å². The minimum atomic E-state index is -2.22. The maximum absolute atomic E-state index is 13.6. The van der Waals surface area contributed by atoms with Gasteiger partial charge < -0.3 is 10.2 Å². The smallest absolute Gasteiger partial charge is 0.481 e.